The van der Waals surface area contributed by atoms with E-state index in [1.54, 1.807) is 0 Å². The van der Waals surface area contributed by atoms with Crippen molar-refractivity contribution in [1.82, 2.24) is 0 Å². The molecule has 0 atom stereocenters. The second-order valence-electron chi connectivity index (χ2n) is 5.93. The van der Waals surface area contributed by atoms with E-state index in [0.29, 0.717) is 18.8 Å². The molecular weight excluding hydrogens is 285 g/mol. The molecular formula is C19H30BNO2. The van der Waals surface area contributed by atoms with E-state index in [9.17, 15) is 0 Å². The first-order chi connectivity index (χ1) is 11.3. The third-order valence-electron chi connectivity index (χ3n) is 3.82. The van der Waals surface area contributed by atoms with E-state index in [2.05, 4.69) is 19.9 Å². The maximum absolute atomic E-state index is 9.06. The number of nitriles is 1. The van der Waals surface area contributed by atoms with E-state index in [4.69, 9.17) is 14.6 Å². The molecule has 1 aromatic carbocycles. The zero-order valence-corrected chi connectivity index (χ0v) is 14.7. The highest BCUT2D eigenvalue weighted by Gasteiger charge is 2.21. The van der Waals surface area contributed by atoms with Crippen molar-refractivity contribution in [3.8, 4) is 6.07 Å². The zero-order valence-electron chi connectivity index (χ0n) is 14.7. The highest BCUT2D eigenvalue weighted by Crippen LogP contribution is 2.05. The Morgan fingerprint density at radius 2 is 1.52 bits per heavy atom. The molecule has 4 heteroatoms. The Kier molecular flexibility index (Phi) is 11.3. The topological polar surface area (TPSA) is 42.2 Å². The lowest BCUT2D eigenvalue weighted by Crippen LogP contribution is -2.37. The predicted molar refractivity (Wildman–Crippen MR) is 96.7 cm³/mol. The zero-order chi connectivity index (χ0) is 16.8. The number of hydrogen-bond donors (Lipinski definition) is 0. The van der Waals surface area contributed by atoms with Gasteiger partial charge in [0.2, 0.25) is 0 Å². The van der Waals surface area contributed by atoms with Gasteiger partial charge in [0.15, 0.2) is 0 Å². The van der Waals surface area contributed by atoms with Crippen LogP contribution in [0.4, 0.5) is 0 Å². The van der Waals surface area contributed by atoms with Gasteiger partial charge in [0.25, 0.3) is 0 Å². The number of hydrogen-bond acceptors (Lipinski definition) is 3. The van der Waals surface area contributed by atoms with Crippen molar-refractivity contribution in [3.63, 3.8) is 0 Å². The van der Waals surface area contributed by atoms with Crippen LogP contribution in [0.15, 0.2) is 24.3 Å². The van der Waals surface area contributed by atoms with Crippen molar-refractivity contribution in [1.29, 1.82) is 5.26 Å². The Morgan fingerprint density at radius 1 is 0.913 bits per heavy atom. The van der Waals surface area contributed by atoms with Crippen molar-refractivity contribution in [2.24, 2.45) is 0 Å². The fourth-order valence-corrected chi connectivity index (χ4v) is 2.43. The number of unbranched alkanes of at least 4 members (excludes halogenated alkanes) is 6. The van der Waals surface area contributed by atoms with Gasteiger partial charge in [0, 0.05) is 13.2 Å². The van der Waals surface area contributed by atoms with Crippen molar-refractivity contribution < 1.29 is 9.31 Å². The van der Waals surface area contributed by atoms with Gasteiger partial charge in [-0.3, -0.25) is 0 Å². The van der Waals surface area contributed by atoms with Gasteiger partial charge in [-0.05, 0) is 30.4 Å². The van der Waals surface area contributed by atoms with Crippen LogP contribution in [0.1, 0.15) is 70.8 Å². The van der Waals surface area contributed by atoms with Crippen LogP contribution in [0.25, 0.3) is 0 Å². The van der Waals surface area contributed by atoms with Crippen molar-refractivity contribution in [3.05, 3.63) is 29.8 Å². The second-order valence-corrected chi connectivity index (χ2v) is 5.93. The van der Waals surface area contributed by atoms with Gasteiger partial charge in [-0.15, -0.1) is 0 Å². The molecule has 3 nitrogen and oxygen atoms in total. The second kappa shape index (κ2) is 13.2. The van der Waals surface area contributed by atoms with E-state index in [-0.39, 0.29) is 7.12 Å². The van der Waals surface area contributed by atoms with Gasteiger partial charge in [0.1, 0.15) is 0 Å². The van der Waals surface area contributed by atoms with Crippen LogP contribution < -0.4 is 5.46 Å². The summed E-state index contributed by atoms with van der Waals surface area (Å²) in [5.74, 6) is 0. The molecule has 0 aliphatic rings. The molecule has 23 heavy (non-hydrogen) atoms. The van der Waals surface area contributed by atoms with Crippen LogP contribution in [-0.4, -0.2) is 20.3 Å². The van der Waals surface area contributed by atoms with Gasteiger partial charge in [-0.2, -0.15) is 5.26 Å². The average molecular weight is 315 g/mol. The minimum atomic E-state index is -0.355. The Labute approximate surface area is 142 Å². The third kappa shape index (κ3) is 8.78. The Hall–Kier alpha value is -1.31. The van der Waals surface area contributed by atoms with Crippen LogP contribution in [-0.2, 0) is 9.31 Å². The molecule has 0 unspecified atom stereocenters. The normalized spacial score (nSPS) is 10.5. The summed E-state index contributed by atoms with van der Waals surface area (Å²) in [5.41, 5.74) is 1.59. The smallest absolute Gasteiger partial charge is 0.407 e. The summed E-state index contributed by atoms with van der Waals surface area (Å²) >= 11 is 0. The highest BCUT2D eigenvalue weighted by molar-refractivity contribution is 6.61. The maximum Gasteiger partial charge on any atom is 0.493 e. The summed E-state index contributed by atoms with van der Waals surface area (Å²) in [6.07, 6.45) is 9.44. The van der Waals surface area contributed by atoms with Crippen LogP contribution in [0.3, 0.4) is 0 Å². The summed E-state index contributed by atoms with van der Waals surface area (Å²) < 4.78 is 11.9. The molecule has 0 heterocycles. The molecule has 0 bridgehead atoms. The molecule has 0 spiro atoms. The molecule has 0 fully saturated rings. The molecule has 0 N–H and O–H groups in total. The van der Waals surface area contributed by atoms with E-state index in [0.717, 1.165) is 18.3 Å². The third-order valence-corrected chi connectivity index (χ3v) is 3.82. The van der Waals surface area contributed by atoms with Crippen LogP contribution in [0.2, 0.25) is 0 Å². The Bertz CT molecular complexity index is 445. The average Bonchev–Trinajstić information content (AvgIpc) is 2.59. The number of nitrogens with zero attached hydrogens (tertiary/aromatic N) is 1. The van der Waals surface area contributed by atoms with Crippen molar-refractivity contribution in [2.45, 2.75) is 65.2 Å². The first-order valence-corrected chi connectivity index (χ1v) is 9.05. The lowest BCUT2D eigenvalue weighted by atomic mass is 9.78. The fourth-order valence-electron chi connectivity index (χ4n) is 2.43. The summed E-state index contributed by atoms with van der Waals surface area (Å²) in [6, 6.07) is 9.72. The molecule has 0 saturated heterocycles. The van der Waals surface area contributed by atoms with Crippen LogP contribution >= 0.6 is 0 Å². The molecule has 1 rings (SSSR count). The molecule has 0 aromatic heterocycles. The van der Waals surface area contributed by atoms with E-state index >= 15 is 0 Å². The largest absolute Gasteiger partial charge is 0.493 e. The van der Waals surface area contributed by atoms with Gasteiger partial charge < -0.3 is 9.31 Å². The summed E-state index contributed by atoms with van der Waals surface area (Å²) in [6.45, 7) is 5.82. The molecule has 0 amide bonds. The number of rotatable bonds is 13. The minimum Gasteiger partial charge on any atom is -0.407 e. The van der Waals surface area contributed by atoms with Gasteiger partial charge in [-0.1, -0.05) is 64.5 Å². The number of benzene rings is 1. The first-order valence-electron chi connectivity index (χ1n) is 9.05. The quantitative estimate of drug-likeness (QED) is 0.399. The van der Waals surface area contributed by atoms with Crippen LogP contribution in [0, 0.1) is 11.3 Å². The lowest BCUT2D eigenvalue weighted by Gasteiger charge is -2.15. The summed E-state index contributed by atoms with van der Waals surface area (Å²) in [5, 5.41) is 9.06. The Balaban J connectivity index is 2.51. The van der Waals surface area contributed by atoms with Gasteiger partial charge in [0.05, 0.1) is 11.6 Å². The molecule has 0 aliphatic heterocycles. The summed E-state index contributed by atoms with van der Waals surface area (Å²) in [4.78, 5) is 0. The monoisotopic (exact) mass is 315 g/mol. The molecule has 1 aromatic rings. The maximum atomic E-state index is 9.06. The molecule has 0 aliphatic carbocycles. The SMILES string of the molecule is CCCCCCOB(OCCCCCC)c1cccc(C#N)c1. The highest BCUT2D eigenvalue weighted by atomic mass is 16.6. The van der Waals surface area contributed by atoms with E-state index in [1.807, 2.05) is 24.3 Å². The fraction of sp³-hybridized carbons (Fsp3) is 0.632. The van der Waals surface area contributed by atoms with Crippen LogP contribution in [0.5, 0.6) is 0 Å². The standard InChI is InChI=1S/C19H30BNO2/c1-3-5-7-9-14-22-20(23-15-10-8-6-4-2)19-13-11-12-18(16-19)17-21/h11-13,16H,3-10,14-15H2,1-2H3. The predicted octanol–water partition coefficient (Wildman–Crippen LogP) is 4.45. The van der Waals surface area contributed by atoms with Crippen molar-refractivity contribution >= 4 is 12.6 Å². The molecule has 0 saturated carbocycles. The molecule has 0 radical (unpaired) electrons. The van der Waals surface area contributed by atoms with E-state index in [1.165, 1.54) is 38.5 Å². The van der Waals surface area contributed by atoms with Gasteiger partial charge in [-0.25, -0.2) is 0 Å². The minimum absolute atomic E-state index is 0.355. The Morgan fingerprint density at radius 3 is 2.04 bits per heavy atom. The van der Waals surface area contributed by atoms with Crippen molar-refractivity contribution in [2.75, 3.05) is 13.2 Å². The lowest BCUT2D eigenvalue weighted by molar-refractivity contribution is 0.200. The molecule has 126 valence electrons. The van der Waals surface area contributed by atoms with Gasteiger partial charge >= 0.3 is 7.12 Å². The summed E-state index contributed by atoms with van der Waals surface area (Å²) in [7, 11) is -0.355. The first kappa shape index (κ1) is 19.7. The van der Waals surface area contributed by atoms with E-state index < -0.39 is 0 Å².